The van der Waals surface area contributed by atoms with Gasteiger partial charge in [-0.15, -0.1) is 0 Å². The summed E-state index contributed by atoms with van der Waals surface area (Å²) >= 11 is 0. The first kappa shape index (κ1) is 16.6. The number of aryl methyl sites for hydroxylation is 1. The molecule has 3 aromatic rings. The lowest BCUT2D eigenvalue weighted by Crippen LogP contribution is -2.34. The summed E-state index contributed by atoms with van der Waals surface area (Å²) in [5.41, 5.74) is 1.81. The van der Waals surface area contributed by atoms with Crippen LogP contribution < -0.4 is 10.6 Å². The maximum atomic E-state index is 12.2. The fourth-order valence-corrected chi connectivity index (χ4v) is 2.65. The third-order valence-corrected chi connectivity index (χ3v) is 3.94. The highest BCUT2D eigenvalue weighted by Gasteiger charge is 2.10. The van der Waals surface area contributed by atoms with Crippen molar-refractivity contribution in [3.63, 3.8) is 0 Å². The van der Waals surface area contributed by atoms with Gasteiger partial charge < -0.3 is 10.6 Å². The van der Waals surface area contributed by atoms with Gasteiger partial charge in [0.25, 0.3) is 0 Å². The van der Waals surface area contributed by atoms with E-state index in [1.54, 1.807) is 12.3 Å². The molecule has 1 heterocycles. The molecule has 5 nitrogen and oxygen atoms in total. The van der Waals surface area contributed by atoms with Gasteiger partial charge in [-0.05, 0) is 34.9 Å². The number of rotatable bonds is 5. The van der Waals surface area contributed by atoms with Gasteiger partial charge in [-0.3, -0.25) is 9.59 Å². The van der Waals surface area contributed by atoms with Crippen molar-refractivity contribution in [2.24, 2.45) is 0 Å². The number of carbonyl (C=O) groups is 2. The Balaban J connectivity index is 1.57. The minimum atomic E-state index is -0.298. The number of nitrogens with one attached hydrogen (secondary N) is 2. The predicted octanol–water partition coefficient (Wildman–Crippen LogP) is 2.84. The molecule has 0 saturated heterocycles. The summed E-state index contributed by atoms with van der Waals surface area (Å²) in [6.07, 6.45) is 1.85. The highest BCUT2D eigenvalue weighted by atomic mass is 16.2. The molecule has 0 fully saturated rings. The molecular weight excluding hydrogens is 314 g/mol. The SMILES string of the molecule is Cc1cccnc1NC(=O)CNC(=O)Cc1cccc2ccccc12. The smallest absolute Gasteiger partial charge is 0.244 e. The van der Waals surface area contributed by atoms with Crippen molar-refractivity contribution in [3.8, 4) is 0 Å². The van der Waals surface area contributed by atoms with E-state index in [1.807, 2.05) is 55.5 Å². The summed E-state index contributed by atoms with van der Waals surface area (Å²) in [4.78, 5) is 28.2. The van der Waals surface area contributed by atoms with E-state index in [4.69, 9.17) is 0 Å². The zero-order valence-electron chi connectivity index (χ0n) is 14.0. The second-order valence-corrected chi connectivity index (χ2v) is 5.81. The van der Waals surface area contributed by atoms with E-state index in [1.165, 1.54) is 0 Å². The standard InChI is InChI=1S/C20H19N3O2/c1-14-6-5-11-21-20(14)23-19(25)13-22-18(24)12-16-9-4-8-15-7-2-3-10-17(15)16/h2-11H,12-13H2,1H3,(H,22,24)(H,21,23,25). The van der Waals surface area contributed by atoms with Crippen LogP contribution in [0.5, 0.6) is 0 Å². The quantitative estimate of drug-likeness (QED) is 0.754. The normalized spacial score (nSPS) is 10.4. The number of hydrogen-bond acceptors (Lipinski definition) is 3. The lowest BCUT2D eigenvalue weighted by atomic mass is 10.0. The van der Waals surface area contributed by atoms with Gasteiger partial charge in [-0.2, -0.15) is 0 Å². The van der Waals surface area contributed by atoms with Crippen molar-refractivity contribution in [2.45, 2.75) is 13.3 Å². The molecule has 0 unspecified atom stereocenters. The zero-order valence-corrected chi connectivity index (χ0v) is 14.0. The van der Waals surface area contributed by atoms with Crippen LogP contribution in [-0.2, 0) is 16.0 Å². The maximum Gasteiger partial charge on any atom is 0.244 e. The maximum absolute atomic E-state index is 12.2. The molecule has 0 aliphatic rings. The Hall–Kier alpha value is -3.21. The average molecular weight is 333 g/mol. The molecule has 0 radical (unpaired) electrons. The molecule has 0 spiro atoms. The number of benzene rings is 2. The van der Waals surface area contributed by atoms with Crippen molar-refractivity contribution >= 4 is 28.4 Å². The Morgan fingerprint density at radius 2 is 1.76 bits per heavy atom. The van der Waals surface area contributed by atoms with Crippen LogP contribution in [0, 0.1) is 6.92 Å². The van der Waals surface area contributed by atoms with Gasteiger partial charge in [-0.1, -0.05) is 48.5 Å². The molecular formula is C20H19N3O2. The molecule has 2 N–H and O–H groups in total. The lowest BCUT2D eigenvalue weighted by molar-refractivity contribution is -0.123. The number of amides is 2. The summed E-state index contributed by atoms with van der Waals surface area (Å²) in [7, 11) is 0. The zero-order chi connectivity index (χ0) is 17.6. The fourth-order valence-electron chi connectivity index (χ4n) is 2.65. The van der Waals surface area contributed by atoms with E-state index in [2.05, 4.69) is 15.6 Å². The van der Waals surface area contributed by atoms with Crippen LogP contribution in [0.4, 0.5) is 5.82 Å². The first-order valence-electron chi connectivity index (χ1n) is 8.08. The topological polar surface area (TPSA) is 71.1 Å². The molecule has 2 amide bonds. The molecule has 0 saturated carbocycles. The minimum Gasteiger partial charge on any atom is -0.347 e. The summed E-state index contributed by atoms with van der Waals surface area (Å²) in [6, 6.07) is 17.5. The molecule has 0 atom stereocenters. The van der Waals surface area contributed by atoms with Crippen molar-refractivity contribution in [1.82, 2.24) is 10.3 Å². The summed E-state index contributed by atoms with van der Waals surface area (Å²) in [5.74, 6) is 0.0214. The molecule has 0 aliphatic carbocycles. The predicted molar refractivity (Wildman–Crippen MR) is 98.3 cm³/mol. The van der Waals surface area contributed by atoms with Crippen molar-refractivity contribution in [3.05, 3.63) is 71.9 Å². The van der Waals surface area contributed by atoms with Crippen LogP contribution >= 0.6 is 0 Å². The Morgan fingerprint density at radius 1 is 0.960 bits per heavy atom. The molecule has 5 heteroatoms. The first-order chi connectivity index (χ1) is 12.1. The largest absolute Gasteiger partial charge is 0.347 e. The molecule has 1 aromatic heterocycles. The van der Waals surface area contributed by atoms with Crippen molar-refractivity contribution < 1.29 is 9.59 Å². The fraction of sp³-hybridized carbons (Fsp3) is 0.150. The summed E-state index contributed by atoms with van der Waals surface area (Å²) in [6.45, 7) is 1.78. The van der Waals surface area contributed by atoms with Crippen LogP contribution in [0.15, 0.2) is 60.8 Å². The number of nitrogens with zero attached hydrogens (tertiary/aromatic N) is 1. The first-order valence-corrected chi connectivity index (χ1v) is 8.08. The van der Waals surface area contributed by atoms with E-state index in [-0.39, 0.29) is 24.8 Å². The van der Waals surface area contributed by atoms with Gasteiger partial charge in [0.15, 0.2) is 0 Å². The monoisotopic (exact) mass is 333 g/mol. The minimum absolute atomic E-state index is 0.0837. The number of carbonyl (C=O) groups excluding carboxylic acids is 2. The molecule has 3 rings (SSSR count). The Kier molecular flexibility index (Phi) is 5.04. The van der Waals surface area contributed by atoms with Crippen molar-refractivity contribution in [1.29, 1.82) is 0 Å². The Bertz CT molecular complexity index is 916. The Labute approximate surface area is 146 Å². The van der Waals surface area contributed by atoms with Crippen LogP contribution in [-0.4, -0.2) is 23.3 Å². The number of hydrogen-bond donors (Lipinski definition) is 2. The van der Waals surface area contributed by atoms with E-state index in [0.29, 0.717) is 5.82 Å². The molecule has 0 bridgehead atoms. The second kappa shape index (κ2) is 7.57. The van der Waals surface area contributed by atoms with Crippen LogP contribution in [0.1, 0.15) is 11.1 Å². The highest BCUT2D eigenvalue weighted by molar-refractivity contribution is 5.95. The number of anilines is 1. The highest BCUT2D eigenvalue weighted by Crippen LogP contribution is 2.18. The summed E-state index contributed by atoms with van der Waals surface area (Å²) < 4.78 is 0. The number of fused-ring (bicyclic) bond motifs is 1. The van der Waals surface area contributed by atoms with E-state index >= 15 is 0 Å². The lowest BCUT2D eigenvalue weighted by Gasteiger charge is -2.09. The van der Waals surface area contributed by atoms with Gasteiger partial charge in [0, 0.05) is 6.20 Å². The van der Waals surface area contributed by atoms with Crippen LogP contribution in [0.3, 0.4) is 0 Å². The van der Waals surface area contributed by atoms with E-state index in [0.717, 1.165) is 21.9 Å². The molecule has 25 heavy (non-hydrogen) atoms. The van der Waals surface area contributed by atoms with Gasteiger partial charge in [0.2, 0.25) is 11.8 Å². The van der Waals surface area contributed by atoms with E-state index in [9.17, 15) is 9.59 Å². The van der Waals surface area contributed by atoms with Crippen LogP contribution in [0.25, 0.3) is 10.8 Å². The third-order valence-electron chi connectivity index (χ3n) is 3.94. The van der Waals surface area contributed by atoms with Crippen molar-refractivity contribution in [2.75, 3.05) is 11.9 Å². The van der Waals surface area contributed by atoms with Gasteiger partial charge >= 0.3 is 0 Å². The number of aromatic nitrogens is 1. The van der Waals surface area contributed by atoms with Crippen LogP contribution in [0.2, 0.25) is 0 Å². The third kappa shape index (κ3) is 4.20. The molecule has 126 valence electrons. The van der Waals surface area contributed by atoms with Gasteiger partial charge in [0.05, 0.1) is 13.0 Å². The molecule has 0 aliphatic heterocycles. The van der Waals surface area contributed by atoms with Gasteiger partial charge in [0.1, 0.15) is 5.82 Å². The second-order valence-electron chi connectivity index (χ2n) is 5.81. The Morgan fingerprint density at radius 3 is 2.60 bits per heavy atom. The van der Waals surface area contributed by atoms with E-state index < -0.39 is 0 Å². The average Bonchev–Trinajstić information content (AvgIpc) is 2.62. The molecule has 2 aromatic carbocycles. The number of pyridine rings is 1. The summed E-state index contributed by atoms with van der Waals surface area (Å²) in [5, 5.41) is 7.49. The van der Waals surface area contributed by atoms with Gasteiger partial charge in [-0.25, -0.2) is 4.98 Å².